The maximum absolute atomic E-state index is 11.5. The summed E-state index contributed by atoms with van der Waals surface area (Å²) < 4.78 is 0. The number of thiazole rings is 1. The molecular formula is C18H13Cl2N5O4S. The van der Waals surface area contributed by atoms with Gasteiger partial charge >= 0.3 is 5.97 Å². The predicted octanol–water partition coefficient (Wildman–Crippen LogP) is 4.70. The van der Waals surface area contributed by atoms with Crippen LogP contribution in [0.15, 0.2) is 46.9 Å². The van der Waals surface area contributed by atoms with Gasteiger partial charge in [0.2, 0.25) is 5.13 Å². The Morgan fingerprint density at radius 2 is 2.03 bits per heavy atom. The van der Waals surface area contributed by atoms with E-state index in [1.54, 1.807) is 23.6 Å². The summed E-state index contributed by atoms with van der Waals surface area (Å²) in [6, 6.07) is 9.16. The van der Waals surface area contributed by atoms with Crippen LogP contribution in [0, 0.1) is 10.1 Å². The minimum Gasteiger partial charge on any atom is -0.477 e. The van der Waals surface area contributed by atoms with Crippen LogP contribution < -0.4 is 11.2 Å². The van der Waals surface area contributed by atoms with Gasteiger partial charge in [0.25, 0.3) is 5.69 Å². The quantitative estimate of drug-likeness (QED) is 0.198. The molecule has 12 heteroatoms. The zero-order chi connectivity index (χ0) is 21.8. The van der Waals surface area contributed by atoms with Gasteiger partial charge in [-0.25, -0.2) is 9.78 Å². The van der Waals surface area contributed by atoms with E-state index >= 15 is 0 Å². The van der Waals surface area contributed by atoms with Crippen LogP contribution in [-0.2, 0) is 11.2 Å². The molecule has 0 aliphatic carbocycles. The maximum atomic E-state index is 11.5. The molecule has 4 N–H and O–H groups in total. The molecule has 2 aromatic carbocycles. The molecule has 1 heterocycles. The molecule has 0 saturated carbocycles. The normalized spacial score (nSPS) is 11.3. The first-order chi connectivity index (χ1) is 14.2. The first-order valence-electron chi connectivity index (χ1n) is 8.24. The number of hydrazone groups is 1. The summed E-state index contributed by atoms with van der Waals surface area (Å²) in [5.41, 5.74) is 9.36. The molecule has 0 fully saturated rings. The summed E-state index contributed by atoms with van der Waals surface area (Å²) in [5, 5.41) is 27.2. The number of hydrogen-bond donors (Lipinski definition) is 3. The Hall–Kier alpha value is -3.21. The van der Waals surface area contributed by atoms with Crippen molar-refractivity contribution in [1.29, 1.82) is 0 Å². The number of halogens is 2. The highest BCUT2D eigenvalue weighted by Gasteiger charge is 2.16. The number of hydrogen-bond acceptors (Lipinski definition) is 8. The van der Waals surface area contributed by atoms with Crippen molar-refractivity contribution in [1.82, 2.24) is 4.98 Å². The molecule has 0 aliphatic rings. The van der Waals surface area contributed by atoms with Gasteiger partial charge in [0, 0.05) is 23.4 Å². The molecule has 0 aliphatic heterocycles. The van der Waals surface area contributed by atoms with E-state index in [1.165, 1.54) is 29.5 Å². The number of nitrogens with one attached hydrogen (secondary N) is 1. The van der Waals surface area contributed by atoms with E-state index in [2.05, 4.69) is 15.5 Å². The van der Waals surface area contributed by atoms with E-state index in [0.717, 1.165) is 5.56 Å². The van der Waals surface area contributed by atoms with Gasteiger partial charge in [-0.3, -0.25) is 15.5 Å². The number of nitrogens with zero attached hydrogens (tertiary/aromatic N) is 3. The fourth-order valence-electron chi connectivity index (χ4n) is 2.44. The average Bonchev–Trinajstić information content (AvgIpc) is 3.17. The van der Waals surface area contributed by atoms with Crippen LogP contribution in [0.5, 0.6) is 0 Å². The summed E-state index contributed by atoms with van der Waals surface area (Å²) in [7, 11) is 0. The van der Waals surface area contributed by atoms with Crippen molar-refractivity contribution in [2.75, 3.05) is 11.2 Å². The topological polar surface area (TPSA) is 144 Å². The number of rotatable bonds is 7. The Labute approximate surface area is 183 Å². The van der Waals surface area contributed by atoms with E-state index in [9.17, 15) is 20.0 Å². The first kappa shape index (κ1) is 21.5. The summed E-state index contributed by atoms with van der Waals surface area (Å²) in [5.74, 6) is -1.27. The van der Waals surface area contributed by atoms with Gasteiger partial charge in [0.05, 0.1) is 20.7 Å². The van der Waals surface area contributed by atoms with Crippen molar-refractivity contribution < 1.29 is 14.8 Å². The third kappa shape index (κ3) is 5.03. The van der Waals surface area contributed by atoms with Gasteiger partial charge < -0.3 is 10.8 Å². The lowest BCUT2D eigenvalue weighted by atomic mass is 10.1. The van der Waals surface area contributed by atoms with Gasteiger partial charge in [0.15, 0.2) is 0 Å². The molecule has 1 aromatic heterocycles. The zero-order valence-electron chi connectivity index (χ0n) is 15.0. The van der Waals surface area contributed by atoms with Gasteiger partial charge in [0.1, 0.15) is 11.4 Å². The fraction of sp³-hybridized carbons (Fsp3) is 0.0556. The molecule has 0 saturated heterocycles. The fourth-order valence-corrected chi connectivity index (χ4v) is 3.40. The number of carboxylic acids is 1. The van der Waals surface area contributed by atoms with E-state index in [-0.39, 0.29) is 23.5 Å². The SMILES string of the molecule is Nc1ccc(C/C(=N/Nc2nc(-c3ccc(Cl)c(Cl)c3)cs2)C(=O)O)cc1[N+](=O)[O-]. The molecule has 154 valence electrons. The molecule has 0 radical (unpaired) electrons. The van der Waals surface area contributed by atoms with Crippen LogP contribution in [-0.4, -0.2) is 26.7 Å². The summed E-state index contributed by atoms with van der Waals surface area (Å²) in [4.78, 5) is 26.2. The first-order valence-corrected chi connectivity index (χ1v) is 9.87. The second kappa shape index (κ2) is 9.08. The lowest BCUT2D eigenvalue weighted by molar-refractivity contribution is -0.383. The van der Waals surface area contributed by atoms with Crippen LogP contribution in [0.4, 0.5) is 16.5 Å². The molecule has 0 bridgehead atoms. The standard InChI is InChI=1S/C18H13Cl2N5O4S/c19-11-3-2-10(7-12(11)20)15-8-30-18(22-15)24-23-14(17(26)27)5-9-1-4-13(21)16(6-9)25(28)29/h1-4,6-8H,5,21H2,(H,22,24)(H,26,27)/b23-14-. The number of nitrogen functional groups attached to an aromatic ring is 1. The van der Waals surface area contributed by atoms with Crippen molar-refractivity contribution in [3.8, 4) is 11.3 Å². The number of benzene rings is 2. The summed E-state index contributed by atoms with van der Waals surface area (Å²) in [6.07, 6.45) is -0.144. The van der Waals surface area contributed by atoms with Crippen molar-refractivity contribution in [2.45, 2.75) is 6.42 Å². The smallest absolute Gasteiger partial charge is 0.352 e. The third-order valence-electron chi connectivity index (χ3n) is 3.92. The highest BCUT2D eigenvalue weighted by molar-refractivity contribution is 7.14. The Balaban J connectivity index is 1.78. The lowest BCUT2D eigenvalue weighted by Gasteiger charge is -2.04. The monoisotopic (exact) mass is 465 g/mol. The van der Waals surface area contributed by atoms with Crippen molar-refractivity contribution in [2.24, 2.45) is 5.10 Å². The number of carbonyl (C=O) groups is 1. The Morgan fingerprint density at radius 3 is 2.70 bits per heavy atom. The van der Waals surface area contributed by atoms with Crippen LogP contribution in [0.25, 0.3) is 11.3 Å². The van der Waals surface area contributed by atoms with Crippen LogP contribution in [0.3, 0.4) is 0 Å². The molecule has 0 spiro atoms. The van der Waals surface area contributed by atoms with Crippen LogP contribution >= 0.6 is 34.5 Å². The van der Waals surface area contributed by atoms with E-state index in [1.807, 2.05) is 0 Å². The number of nitro benzene ring substituents is 1. The van der Waals surface area contributed by atoms with Crippen LogP contribution in [0.1, 0.15) is 5.56 Å². The van der Waals surface area contributed by atoms with Crippen molar-refractivity contribution in [3.63, 3.8) is 0 Å². The Kier molecular flexibility index (Phi) is 6.50. The van der Waals surface area contributed by atoms with Gasteiger partial charge in [-0.1, -0.05) is 35.3 Å². The van der Waals surface area contributed by atoms with Crippen molar-refractivity contribution in [3.05, 3.63) is 67.5 Å². The van der Waals surface area contributed by atoms with Gasteiger partial charge in [-0.05, 0) is 23.8 Å². The molecule has 0 unspecified atom stereocenters. The molecular weight excluding hydrogens is 453 g/mol. The van der Waals surface area contributed by atoms with E-state index < -0.39 is 10.9 Å². The molecule has 9 nitrogen and oxygen atoms in total. The third-order valence-corrected chi connectivity index (χ3v) is 5.40. The average molecular weight is 466 g/mol. The van der Waals surface area contributed by atoms with Crippen molar-refractivity contribution >= 4 is 62.7 Å². The van der Waals surface area contributed by atoms with E-state index in [4.69, 9.17) is 28.9 Å². The minimum absolute atomic E-state index is 0.00620. The number of aliphatic carboxylic acids is 1. The summed E-state index contributed by atoms with van der Waals surface area (Å²) in [6.45, 7) is 0. The Bertz CT molecular complexity index is 1170. The second-order valence-corrected chi connectivity index (χ2v) is 7.64. The number of nitrogens with two attached hydrogens (primary N) is 1. The van der Waals surface area contributed by atoms with E-state index in [0.29, 0.717) is 26.4 Å². The number of anilines is 2. The number of aromatic nitrogens is 1. The second-order valence-electron chi connectivity index (χ2n) is 5.97. The lowest BCUT2D eigenvalue weighted by Crippen LogP contribution is -2.18. The van der Waals surface area contributed by atoms with Gasteiger partial charge in [-0.2, -0.15) is 5.10 Å². The molecule has 30 heavy (non-hydrogen) atoms. The molecule has 0 amide bonds. The maximum Gasteiger partial charge on any atom is 0.352 e. The number of nitro groups is 1. The largest absolute Gasteiger partial charge is 0.477 e. The molecule has 3 aromatic rings. The molecule has 3 rings (SSSR count). The highest BCUT2D eigenvalue weighted by Crippen LogP contribution is 2.30. The number of carboxylic acid groups (broad SMARTS) is 1. The minimum atomic E-state index is -1.27. The predicted molar refractivity (Wildman–Crippen MR) is 117 cm³/mol. The molecule has 0 atom stereocenters. The zero-order valence-corrected chi connectivity index (χ0v) is 17.3. The highest BCUT2D eigenvalue weighted by atomic mass is 35.5. The van der Waals surface area contributed by atoms with Gasteiger partial charge in [-0.15, -0.1) is 11.3 Å². The van der Waals surface area contributed by atoms with Crippen LogP contribution in [0.2, 0.25) is 10.0 Å². The Morgan fingerprint density at radius 1 is 1.27 bits per heavy atom. The summed E-state index contributed by atoms with van der Waals surface area (Å²) >= 11 is 13.1.